The molecule has 140 valence electrons. The summed E-state index contributed by atoms with van der Waals surface area (Å²) < 4.78 is 0. The van der Waals surface area contributed by atoms with Gasteiger partial charge in [-0.05, 0) is 11.5 Å². The standard InChI is InChI=1S/C19H20N4O2S2/c1-12(2)15-10-20-18(27-15)22-17(25)9-14-11-26-19(21-14)23-16(24)8-13-6-4-3-5-7-13/h3-7,10-12H,8-9H2,1-2H3,(H,20,22,25)(H,21,23,24). The molecule has 2 heterocycles. The van der Waals surface area contributed by atoms with Crippen LogP contribution < -0.4 is 10.6 Å². The van der Waals surface area contributed by atoms with E-state index in [1.165, 1.54) is 22.7 Å². The van der Waals surface area contributed by atoms with Crippen molar-refractivity contribution in [2.45, 2.75) is 32.6 Å². The van der Waals surface area contributed by atoms with Crippen LogP contribution in [0, 0.1) is 0 Å². The number of hydrogen-bond donors (Lipinski definition) is 2. The Morgan fingerprint density at radius 2 is 1.74 bits per heavy atom. The van der Waals surface area contributed by atoms with E-state index in [1.54, 1.807) is 11.6 Å². The van der Waals surface area contributed by atoms with Crippen molar-refractivity contribution in [3.8, 4) is 0 Å². The van der Waals surface area contributed by atoms with Gasteiger partial charge >= 0.3 is 0 Å². The molecule has 1 aromatic carbocycles. The Balaban J connectivity index is 1.51. The van der Waals surface area contributed by atoms with E-state index >= 15 is 0 Å². The van der Waals surface area contributed by atoms with Gasteiger partial charge in [-0.3, -0.25) is 9.59 Å². The summed E-state index contributed by atoms with van der Waals surface area (Å²) >= 11 is 2.79. The van der Waals surface area contributed by atoms with Crippen molar-refractivity contribution >= 4 is 44.8 Å². The predicted octanol–water partition coefficient (Wildman–Crippen LogP) is 4.09. The zero-order valence-electron chi connectivity index (χ0n) is 15.1. The number of rotatable bonds is 7. The molecule has 0 unspecified atom stereocenters. The number of nitrogens with zero attached hydrogens (tertiary/aromatic N) is 2. The molecule has 0 radical (unpaired) electrons. The molecule has 0 aliphatic rings. The molecular weight excluding hydrogens is 380 g/mol. The Hall–Kier alpha value is -2.58. The molecule has 27 heavy (non-hydrogen) atoms. The molecule has 0 saturated heterocycles. The number of carbonyl (C=O) groups is 2. The summed E-state index contributed by atoms with van der Waals surface area (Å²) in [7, 11) is 0. The summed E-state index contributed by atoms with van der Waals surface area (Å²) in [6.45, 7) is 4.17. The van der Waals surface area contributed by atoms with Crippen molar-refractivity contribution in [3.05, 3.63) is 58.0 Å². The van der Waals surface area contributed by atoms with Crippen LogP contribution >= 0.6 is 22.7 Å². The van der Waals surface area contributed by atoms with E-state index in [0.29, 0.717) is 28.3 Å². The molecule has 0 fully saturated rings. The normalized spacial score (nSPS) is 10.8. The lowest BCUT2D eigenvalue weighted by Gasteiger charge is -2.02. The van der Waals surface area contributed by atoms with Gasteiger partial charge in [-0.15, -0.1) is 22.7 Å². The Kier molecular flexibility index (Phi) is 6.31. The molecule has 0 aliphatic carbocycles. The number of aromatic nitrogens is 2. The molecule has 0 aliphatic heterocycles. The summed E-state index contributed by atoms with van der Waals surface area (Å²) in [6.07, 6.45) is 2.22. The van der Waals surface area contributed by atoms with Crippen molar-refractivity contribution < 1.29 is 9.59 Å². The Morgan fingerprint density at radius 3 is 2.44 bits per heavy atom. The molecule has 3 aromatic rings. The second-order valence-corrected chi connectivity index (χ2v) is 8.22. The monoisotopic (exact) mass is 400 g/mol. The summed E-state index contributed by atoms with van der Waals surface area (Å²) in [6, 6.07) is 9.51. The Labute approximate surface area is 165 Å². The lowest BCUT2D eigenvalue weighted by molar-refractivity contribution is -0.116. The third kappa shape index (κ3) is 5.70. The number of nitrogens with one attached hydrogen (secondary N) is 2. The minimum absolute atomic E-state index is 0.129. The summed E-state index contributed by atoms with van der Waals surface area (Å²) in [5.74, 6) is 0.0800. The predicted molar refractivity (Wildman–Crippen MR) is 109 cm³/mol. The lowest BCUT2D eigenvalue weighted by atomic mass is 10.1. The van der Waals surface area contributed by atoms with Crippen molar-refractivity contribution in [1.82, 2.24) is 9.97 Å². The van der Waals surface area contributed by atoms with Crippen LogP contribution in [-0.2, 0) is 22.4 Å². The molecule has 3 rings (SSSR count). The van der Waals surface area contributed by atoms with Gasteiger partial charge in [0.15, 0.2) is 10.3 Å². The molecule has 2 aromatic heterocycles. The minimum atomic E-state index is -0.174. The van der Waals surface area contributed by atoms with Gasteiger partial charge in [0.25, 0.3) is 0 Å². The fourth-order valence-electron chi connectivity index (χ4n) is 2.33. The highest BCUT2D eigenvalue weighted by atomic mass is 32.1. The summed E-state index contributed by atoms with van der Waals surface area (Å²) in [5.41, 5.74) is 1.56. The largest absolute Gasteiger partial charge is 0.302 e. The zero-order chi connectivity index (χ0) is 19.2. The number of thiazole rings is 2. The van der Waals surface area contributed by atoms with Crippen molar-refractivity contribution in [1.29, 1.82) is 0 Å². The molecule has 0 bridgehead atoms. The third-order valence-electron chi connectivity index (χ3n) is 3.69. The molecule has 2 N–H and O–H groups in total. The van der Waals surface area contributed by atoms with Crippen LogP contribution in [0.25, 0.3) is 0 Å². The van der Waals surface area contributed by atoms with Crippen LogP contribution in [0.15, 0.2) is 41.9 Å². The smallest absolute Gasteiger partial charge is 0.232 e. The second kappa shape index (κ2) is 8.88. The highest BCUT2D eigenvalue weighted by molar-refractivity contribution is 7.15. The number of amides is 2. The fourth-order valence-corrected chi connectivity index (χ4v) is 3.89. The number of anilines is 2. The maximum absolute atomic E-state index is 12.2. The minimum Gasteiger partial charge on any atom is -0.302 e. The fraction of sp³-hybridized carbons (Fsp3) is 0.263. The summed E-state index contributed by atoms with van der Waals surface area (Å²) in [5, 5.41) is 8.44. The maximum Gasteiger partial charge on any atom is 0.232 e. The lowest BCUT2D eigenvalue weighted by Crippen LogP contribution is -2.15. The van der Waals surface area contributed by atoms with E-state index in [4.69, 9.17) is 0 Å². The highest BCUT2D eigenvalue weighted by Crippen LogP contribution is 2.25. The van der Waals surface area contributed by atoms with Crippen molar-refractivity contribution in [2.75, 3.05) is 10.6 Å². The Morgan fingerprint density at radius 1 is 1.04 bits per heavy atom. The van der Waals surface area contributed by atoms with E-state index < -0.39 is 0 Å². The molecule has 2 amide bonds. The molecule has 0 spiro atoms. The van der Waals surface area contributed by atoms with E-state index in [-0.39, 0.29) is 18.2 Å². The number of hydrogen-bond acceptors (Lipinski definition) is 6. The van der Waals surface area contributed by atoms with Gasteiger partial charge in [-0.1, -0.05) is 44.2 Å². The average molecular weight is 401 g/mol. The van der Waals surface area contributed by atoms with Crippen LogP contribution in [0.2, 0.25) is 0 Å². The van der Waals surface area contributed by atoms with Crippen LogP contribution in [0.5, 0.6) is 0 Å². The molecule has 6 nitrogen and oxygen atoms in total. The van der Waals surface area contributed by atoms with E-state index in [0.717, 1.165) is 10.4 Å². The zero-order valence-corrected chi connectivity index (χ0v) is 16.7. The van der Waals surface area contributed by atoms with E-state index in [1.807, 2.05) is 30.3 Å². The van der Waals surface area contributed by atoms with Crippen LogP contribution in [0.4, 0.5) is 10.3 Å². The van der Waals surface area contributed by atoms with Gasteiger partial charge in [0.1, 0.15) is 0 Å². The van der Waals surface area contributed by atoms with Gasteiger partial charge in [0, 0.05) is 16.5 Å². The average Bonchev–Trinajstić information content (AvgIpc) is 3.25. The van der Waals surface area contributed by atoms with Gasteiger partial charge < -0.3 is 10.6 Å². The van der Waals surface area contributed by atoms with E-state index in [2.05, 4.69) is 34.4 Å². The van der Waals surface area contributed by atoms with Gasteiger partial charge in [0.05, 0.1) is 18.5 Å². The molecule has 0 atom stereocenters. The topological polar surface area (TPSA) is 84.0 Å². The third-order valence-corrected chi connectivity index (χ3v) is 5.71. The maximum atomic E-state index is 12.2. The first-order chi connectivity index (χ1) is 13.0. The van der Waals surface area contributed by atoms with Gasteiger partial charge in [0.2, 0.25) is 11.8 Å². The van der Waals surface area contributed by atoms with Gasteiger partial charge in [-0.25, -0.2) is 9.97 Å². The van der Waals surface area contributed by atoms with Crippen LogP contribution in [0.3, 0.4) is 0 Å². The molecule has 8 heteroatoms. The second-order valence-electron chi connectivity index (χ2n) is 6.30. The van der Waals surface area contributed by atoms with Crippen molar-refractivity contribution in [3.63, 3.8) is 0 Å². The molecule has 0 saturated carbocycles. The Bertz CT molecular complexity index is 919. The SMILES string of the molecule is CC(C)c1cnc(NC(=O)Cc2csc(NC(=O)Cc3ccccc3)n2)s1. The first kappa shape index (κ1) is 19.2. The first-order valence-electron chi connectivity index (χ1n) is 8.53. The quantitative estimate of drug-likeness (QED) is 0.626. The van der Waals surface area contributed by atoms with E-state index in [9.17, 15) is 9.59 Å². The van der Waals surface area contributed by atoms with Crippen LogP contribution in [0.1, 0.15) is 35.9 Å². The highest BCUT2D eigenvalue weighted by Gasteiger charge is 2.12. The number of carbonyl (C=O) groups excluding carboxylic acids is 2. The van der Waals surface area contributed by atoms with Gasteiger partial charge in [-0.2, -0.15) is 0 Å². The van der Waals surface area contributed by atoms with Crippen molar-refractivity contribution in [2.24, 2.45) is 0 Å². The first-order valence-corrected chi connectivity index (χ1v) is 10.2. The summed E-state index contributed by atoms with van der Waals surface area (Å²) in [4.78, 5) is 33.9. The number of benzene rings is 1. The van der Waals surface area contributed by atoms with Crippen LogP contribution in [-0.4, -0.2) is 21.8 Å². The molecular formula is C19H20N4O2S2.